The average molecular weight is 284 g/mol. The van der Waals surface area contributed by atoms with Crippen molar-refractivity contribution in [2.45, 2.75) is 25.8 Å². The number of nitrogens with zero attached hydrogens (tertiary/aromatic N) is 2. The lowest BCUT2D eigenvalue weighted by Gasteiger charge is -2.19. The van der Waals surface area contributed by atoms with E-state index >= 15 is 0 Å². The maximum atomic E-state index is 12.2. The molecule has 0 saturated heterocycles. The fourth-order valence-corrected chi connectivity index (χ4v) is 2.47. The molecule has 1 atom stereocenters. The summed E-state index contributed by atoms with van der Waals surface area (Å²) in [6.45, 7) is 2.07. The topological polar surface area (TPSA) is 59.0 Å². The van der Waals surface area contributed by atoms with Crippen LogP contribution in [-0.2, 0) is 7.05 Å². The van der Waals surface area contributed by atoms with Crippen LogP contribution in [0.4, 0.5) is 10.6 Å². The number of aromatic nitrogens is 2. The molecule has 1 fully saturated rings. The van der Waals surface area contributed by atoms with E-state index in [0.29, 0.717) is 11.7 Å². The number of anilines is 1. The second-order valence-corrected chi connectivity index (χ2v) is 5.66. The zero-order chi connectivity index (χ0) is 14.8. The van der Waals surface area contributed by atoms with Crippen LogP contribution in [0.5, 0.6) is 0 Å². The number of carbonyl (C=O) groups is 1. The SMILES string of the molecule is Cc1ccc([C@H](NC(=O)Nc2ccnn2C)C2CC2)cc1. The largest absolute Gasteiger partial charge is 0.331 e. The number of amides is 2. The second-order valence-electron chi connectivity index (χ2n) is 5.66. The standard InChI is InChI=1S/C16H20N4O/c1-11-3-5-12(6-4-11)15(13-7-8-13)19-16(21)18-14-9-10-17-20(14)2/h3-6,9-10,13,15H,7-8H2,1-2H3,(H2,18,19,21)/t15-/m0/s1. The van der Waals surface area contributed by atoms with Crippen molar-refractivity contribution in [3.63, 3.8) is 0 Å². The molecule has 21 heavy (non-hydrogen) atoms. The molecule has 0 bridgehead atoms. The molecular formula is C16H20N4O. The van der Waals surface area contributed by atoms with Gasteiger partial charge in [-0.3, -0.25) is 10.00 Å². The number of benzene rings is 1. The molecule has 5 heteroatoms. The Kier molecular flexibility index (Phi) is 3.64. The highest BCUT2D eigenvalue weighted by atomic mass is 16.2. The molecule has 3 rings (SSSR count). The van der Waals surface area contributed by atoms with E-state index in [4.69, 9.17) is 0 Å². The molecule has 2 aromatic rings. The maximum Gasteiger partial charge on any atom is 0.320 e. The smallest absolute Gasteiger partial charge is 0.320 e. The van der Waals surface area contributed by atoms with Crippen LogP contribution in [0, 0.1) is 12.8 Å². The van der Waals surface area contributed by atoms with Crippen LogP contribution >= 0.6 is 0 Å². The predicted octanol–water partition coefficient (Wildman–Crippen LogP) is 3.00. The second kappa shape index (κ2) is 5.60. The first-order valence-corrected chi connectivity index (χ1v) is 7.25. The summed E-state index contributed by atoms with van der Waals surface area (Å²) in [6.07, 6.45) is 4.00. The minimum Gasteiger partial charge on any atom is -0.331 e. The van der Waals surface area contributed by atoms with Gasteiger partial charge in [0.1, 0.15) is 5.82 Å². The lowest BCUT2D eigenvalue weighted by molar-refractivity contribution is 0.247. The molecule has 1 aliphatic rings. The number of urea groups is 1. The molecule has 0 radical (unpaired) electrons. The van der Waals surface area contributed by atoms with Crippen molar-refractivity contribution in [2.24, 2.45) is 13.0 Å². The highest BCUT2D eigenvalue weighted by Crippen LogP contribution is 2.41. The maximum absolute atomic E-state index is 12.2. The Hall–Kier alpha value is -2.30. The molecule has 1 aromatic heterocycles. The van der Waals surface area contributed by atoms with E-state index in [1.165, 1.54) is 24.0 Å². The van der Waals surface area contributed by atoms with Gasteiger partial charge in [0.05, 0.1) is 12.2 Å². The highest BCUT2D eigenvalue weighted by Gasteiger charge is 2.33. The van der Waals surface area contributed by atoms with Gasteiger partial charge in [-0.25, -0.2) is 4.79 Å². The molecule has 5 nitrogen and oxygen atoms in total. The fourth-order valence-electron chi connectivity index (χ4n) is 2.47. The van der Waals surface area contributed by atoms with E-state index in [1.54, 1.807) is 24.0 Å². The summed E-state index contributed by atoms with van der Waals surface area (Å²) >= 11 is 0. The van der Waals surface area contributed by atoms with E-state index in [1.807, 2.05) is 0 Å². The summed E-state index contributed by atoms with van der Waals surface area (Å²) in [5.74, 6) is 1.23. The van der Waals surface area contributed by atoms with Crippen molar-refractivity contribution < 1.29 is 4.79 Å². The lowest BCUT2D eigenvalue weighted by atomic mass is 10.0. The predicted molar refractivity (Wildman–Crippen MR) is 82.0 cm³/mol. The molecule has 1 heterocycles. The molecule has 1 aromatic carbocycles. The molecule has 0 unspecified atom stereocenters. The van der Waals surface area contributed by atoms with Crippen LogP contribution in [0.25, 0.3) is 0 Å². The van der Waals surface area contributed by atoms with Gasteiger partial charge >= 0.3 is 6.03 Å². The third kappa shape index (κ3) is 3.24. The zero-order valence-corrected chi connectivity index (χ0v) is 12.3. The van der Waals surface area contributed by atoms with Gasteiger partial charge in [-0.1, -0.05) is 29.8 Å². The van der Waals surface area contributed by atoms with Crippen molar-refractivity contribution in [1.29, 1.82) is 0 Å². The van der Waals surface area contributed by atoms with E-state index in [2.05, 4.69) is 46.9 Å². The van der Waals surface area contributed by atoms with Crippen LogP contribution in [0.2, 0.25) is 0 Å². The molecule has 2 amide bonds. The number of rotatable bonds is 4. The van der Waals surface area contributed by atoms with Gasteiger partial charge < -0.3 is 5.32 Å². The van der Waals surface area contributed by atoms with Crippen LogP contribution in [-0.4, -0.2) is 15.8 Å². The van der Waals surface area contributed by atoms with Crippen LogP contribution in [0.15, 0.2) is 36.5 Å². The van der Waals surface area contributed by atoms with Gasteiger partial charge in [0.25, 0.3) is 0 Å². The Morgan fingerprint density at radius 3 is 2.57 bits per heavy atom. The summed E-state index contributed by atoms with van der Waals surface area (Å²) in [4.78, 5) is 12.2. The van der Waals surface area contributed by atoms with E-state index in [-0.39, 0.29) is 12.1 Å². The molecule has 0 aliphatic heterocycles. The number of nitrogens with one attached hydrogen (secondary N) is 2. The monoisotopic (exact) mass is 284 g/mol. The van der Waals surface area contributed by atoms with E-state index in [9.17, 15) is 4.79 Å². The van der Waals surface area contributed by atoms with Gasteiger partial charge in [-0.2, -0.15) is 5.10 Å². The van der Waals surface area contributed by atoms with Crippen molar-refractivity contribution in [3.8, 4) is 0 Å². The Morgan fingerprint density at radius 1 is 1.29 bits per heavy atom. The Balaban J connectivity index is 1.69. The van der Waals surface area contributed by atoms with Crippen LogP contribution in [0.1, 0.15) is 30.0 Å². The first kappa shape index (κ1) is 13.7. The third-order valence-corrected chi connectivity index (χ3v) is 3.88. The van der Waals surface area contributed by atoms with Crippen molar-refractivity contribution in [1.82, 2.24) is 15.1 Å². The lowest BCUT2D eigenvalue weighted by Crippen LogP contribution is -2.34. The van der Waals surface area contributed by atoms with E-state index in [0.717, 1.165) is 0 Å². The van der Waals surface area contributed by atoms with Crippen molar-refractivity contribution in [3.05, 3.63) is 47.7 Å². The summed E-state index contributed by atoms with van der Waals surface area (Å²) in [6, 6.07) is 10.1. The van der Waals surface area contributed by atoms with Crippen LogP contribution in [0.3, 0.4) is 0 Å². The summed E-state index contributed by atoms with van der Waals surface area (Å²) in [7, 11) is 1.80. The molecule has 0 spiro atoms. The average Bonchev–Trinajstić information content (AvgIpc) is 3.23. The molecule has 1 aliphatic carbocycles. The normalized spacial score (nSPS) is 15.5. The summed E-state index contributed by atoms with van der Waals surface area (Å²) < 4.78 is 1.64. The minimum absolute atomic E-state index is 0.0822. The first-order chi connectivity index (χ1) is 10.1. The highest BCUT2D eigenvalue weighted by molar-refractivity contribution is 5.88. The molecular weight excluding hydrogens is 264 g/mol. The van der Waals surface area contributed by atoms with Gasteiger partial charge in [-0.05, 0) is 31.2 Å². The van der Waals surface area contributed by atoms with Gasteiger partial charge in [0.2, 0.25) is 0 Å². The fraction of sp³-hybridized carbons (Fsp3) is 0.375. The molecule has 1 saturated carbocycles. The quantitative estimate of drug-likeness (QED) is 0.906. The van der Waals surface area contributed by atoms with E-state index < -0.39 is 0 Å². The van der Waals surface area contributed by atoms with Crippen LogP contribution < -0.4 is 10.6 Å². The van der Waals surface area contributed by atoms with Gasteiger partial charge in [-0.15, -0.1) is 0 Å². The Morgan fingerprint density at radius 2 is 2.00 bits per heavy atom. The first-order valence-electron chi connectivity index (χ1n) is 7.25. The third-order valence-electron chi connectivity index (χ3n) is 3.88. The Labute approximate surface area is 124 Å². The van der Waals surface area contributed by atoms with Crippen molar-refractivity contribution >= 4 is 11.8 Å². The number of carbonyl (C=O) groups excluding carboxylic acids is 1. The molecule has 110 valence electrons. The number of hydrogen-bond acceptors (Lipinski definition) is 2. The Bertz CT molecular complexity index is 628. The number of aryl methyl sites for hydroxylation is 2. The van der Waals surface area contributed by atoms with Gasteiger partial charge in [0, 0.05) is 13.1 Å². The minimum atomic E-state index is -0.184. The summed E-state index contributed by atoms with van der Waals surface area (Å²) in [5.41, 5.74) is 2.40. The zero-order valence-electron chi connectivity index (χ0n) is 12.3. The number of hydrogen-bond donors (Lipinski definition) is 2. The van der Waals surface area contributed by atoms with Crippen molar-refractivity contribution in [2.75, 3.05) is 5.32 Å². The molecule has 2 N–H and O–H groups in total. The summed E-state index contributed by atoms with van der Waals surface area (Å²) in [5, 5.41) is 9.96. The van der Waals surface area contributed by atoms with Gasteiger partial charge in [0.15, 0.2) is 0 Å².